The van der Waals surface area contributed by atoms with Gasteiger partial charge in [-0.3, -0.25) is 19.3 Å². The fourth-order valence-corrected chi connectivity index (χ4v) is 4.25. The quantitative estimate of drug-likeness (QED) is 0.708. The fraction of sp³-hybridized carbons (Fsp3) is 0.591. The second-order valence-electron chi connectivity index (χ2n) is 8.42. The third-order valence-corrected chi connectivity index (χ3v) is 5.77. The van der Waals surface area contributed by atoms with Crippen molar-refractivity contribution < 1.29 is 23.9 Å². The van der Waals surface area contributed by atoms with Crippen LogP contribution >= 0.6 is 0 Å². The maximum absolute atomic E-state index is 13.1. The van der Waals surface area contributed by atoms with Crippen molar-refractivity contribution in [1.29, 1.82) is 0 Å². The number of hydrogen-bond acceptors (Lipinski definition) is 6. The Morgan fingerprint density at radius 1 is 1.13 bits per heavy atom. The number of carbonyl (C=O) groups is 3. The molecule has 1 aromatic rings. The Balaban J connectivity index is 1.64. The van der Waals surface area contributed by atoms with Crippen molar-refractivity contribution >= 4 is 29.1 Å². The van der Waals surface area contributed by atoms with E-state index in [0.717, 1.165) is 19.4 Å². The lowest BCUT2D eigenvalue weighted by Gasteiger charge is -2.42. The van der Waals surface area contributed by atoms with Gasteiger partial charge in [0.05, 0.1) is 43.7 Å². The van der Waals surface area contributed by atoms with Crippen LogP contribution in [-0.4, -0.2) is 80.6 Å². The zero-order valence-corrected chi connectivity index (χ0v) is 18.5. The number of methoxy groups -OCH3 is 1. The lowest BCUT2D eigenvalue weighted by atomic mass is 9.80. The van der Waals surface area contributed by atoms with E-state index < -0.39 is 5.41 Å². The largest absolute Gasteiger partial charge is 0.497 e. The summed E-state index contributed by atoms with van der Waals surface area (Å²) in [4.78, 5) is 41.3. The molecule has 0 spiro atoms. The van der Waals surface area contributed by atoms with Crippen LogP contribution in [0.15, 0.2) is 18.2 Å². The summed E-state index contributed by atoms with van der Waals surface area (Å²) in [6.07, 6.45) is 1.67. The number of rotatable bonds is 6. The number of amides is 3. The lowest BCUT2D eigenvalue weighted by molar-refractivity contribution is -0.149. The van der Waals surface area contributed by atoms with Gasteiger partial charge in [-0.1, -0.05) is 0 Å². The van der Waals surface area contributed by atoms with Crippen LogP contribution in [0.4, 0.5) is 11.4 Å². The number of carbonyl (C=O) groups excluding carboxylic acids is 3. The lowest BCUT2D eigenvalue weighted by Crippen LogP contribution is -2.54. The molecule has 9 heteroatoms. The minimum Gasteiger partial charge on any atom is -0.497 e. The molecule has 1 atom stereocenters. The van der Waals surface area contributed by atoms with E-state index >= 15 is 0 Å². The van der Waals surface area contributed by atoms with Crippen LogP contribution in [0.3, 0.4) is 0 Å². The molecule has 0 bridgehead atoms. The molecular weight excluding hydrogens is 400 g/mol. The summed E-state index contributed by atoms with van der Waals surface area (Å²) in [5, 5.41) is 5.59. The fourth-order valence-electron chi connectivity index (χ4n) is 4.25. The minimum absolute atomic E-state index is 0.140. The molecule has 2 N–H and O–H groups in total. The number of likely N-dealkylation sites (tertiary alicyclic amines) is 1. The summed E-state index contributed by atoms with van der Waals surface area (Å²) in [6.45, 7) is 7.26. The van der Waals surface area contributed by atoms with Crippen molar-refractivity contribution in [2.75, 3.05) is 63.7 Å². The molecular formula is C22H32N4O5. The summed E-state index contributed by atoms with van der Waals surface area (Å²) >= 11 is 0. The summed E-state index contributed by atoms with van der Waals surface area (Å²) < 4.78 is 10.6. The first-order valence-electron chi connectivity index (χ1n) is 10.7. The molecule has 2 saturated heterocycles. The van der Waals surface area contributed by atoms with Crippen LogP contribution in [0.1, 0.15) is 26.7 Å². The Hall–Kier alpha value is -2.65. The molecule has 1 unspecified atom stereocenters. The van der Waals surface area contributed by atoms with Gasteiger partial charge in [0.1, 0.15) is 5.75 Å². The molecule has 3 rings (SSSR count). The van der Waals surface area contributed by atoms with Crippen molar-refractivity contribution in [2.45, 2.75) is 26.7 Å². The van der Waals surface area contributed by atoms with Crippen LogP contribution in [0.25, 0.3) is 0 Å². The number of ether oxygens (including phenoxy) is 2. The number of morpholine rings is 1. The number of anilines is 2. The highest BCUT2D eigenvalue weighted by Gasteiger charge is 2.41. The Bertz CT molecular complexity index is 824. The molecule has 2 aliphatic rings. The number of benzene rings is 1. The van der Waals surface area contributed by atoms with Crippen LogP contribution in [0, 0.1) is 5.41 Å². The number of piperidine rings is 1. The Kier molecular flexibility index (Phi) is 7.50. The molecule has 1 aromatic carbocycles. The topological polar surface area (TPSA) is 100 Å². The molecule has 0 aliphatic carbocycles. The zero-order chi connectivity index (χ0) is 22.4. The van der Waals surface area contributed by atoms with E-state index in [1.807, 2.05) is 16.7 Å². The molecule has 2 aliphatic heterocycles. The van der Waals surface area contributed by atoms with E-state index in [0.29, 0.717) is 50.0 Å². The Morgan fingerprint density at radius 3 is 2.55 bits per heavy atom. The van der Waals surface area contributed by atoms with Gasteiger partial charge in [0, 0.05) is 32.6 Å². The van der Waals surface area contributed by atoms with Crippen molar-refractivity contribution in [1.82, 2.24) is 9.80 Å². The predicted molar refractivity (Wildman–Crippen MR) is 117 cm³/mol. The van der Waals surface area contributed by atoms with Gasteiger partial charge >= 0.3 is 0 Å². The van der Waals surface area contributed by atoms with Gasteiger partial charge in [-0.25, -0.2) is 0 Å². The second-order valence-corrected chi connectivity index (χ2v) is 8.42. The van der Waals surface area contributed by atoms with Gasteiger partial charge in [-0.05, 0) is 38.4 Å². The van der Waals surface area contributed by atoms with Crippen LogP contribution in [0.2, 0.25) is 0 Å². The Labute approximate surface area is 183 Å². The average Bonchev–Trinajstić information content (AvgIpc) is 2.74. The zero-order valence-electron chi connectivity index (χ0n) is 18.5. The molecule has 3 amide bonds. The monoisotopic (exact) mass is 432 g/mol. The van der Waals surface area contributed by atoms with E-state index in [-0.39, 0.29) is 24.3 Å². The molecule has 31 heavy (non-hydrogen) atoms. The molecule has 0 radical (unpaired) electrons. The van der Waals surface area contributed by atoms with Gasteiger partial charge < -0.3 is 25.0 Å². The smallest absolute Gasteiger partial charge is 0.238 e. The van der Waals surface area contributed by atoms with E-state index in [2.05, 4.69) is 10.6 Å². The average molecular weight is 433 g/mol. The van der Waals surface area contributed by atoms with Crippen LogP contribution in [0.5, 0.6) is 5.75 Å². The highest BCUT2D eigenvalue weighted by atomic mass is 16.5. The van der Waals surface area contributed by atoms with Gasteiger partial charge in [0.25, 0.3) is 0 Å². The molecule has 0 saturated carbocycles. The molecule has 9 nitrogen and oxygen atoms in total. The first-order valence-corrected chi connectivity index (χ1v) is 10.7. The minimum atomic E-state index is -0.507. The standard InChI is InChI=1S/C22H32N4O5/c1-16(27)23-18-6-5-17(30-3)13-19(18)24-20(28)14-25-8-4-7-22(2,15-25)21(29)26-9-11-31-12-10-26/h5-6,13H,4,7-12,14-15H2,1-3H3,(H,23,27)(H,24,28). The first kappa shape index (κ1) is 23.0. The number of hydrogen-bond donors (Lipinski definition) is 2. The summed E-state index contributed by atoms with van der Waals surface area (Å²) in [7, 11) is 1.54. The van der Waals surface area contributed by atoms with Crippen molar-refractivity contribution in [3.8, 4) is 5.75 Å². The van der Waals surface area contributed by atoms with Gasteiger partial charge in [0.15, 0.2) is 0 Å². The van der Waals surface area contributed by atoms with E-state index in [1.54, 1.807) is 25.3 Å². The predicted octanol–water partition coefficient (Wildman–Crippen LogP) is 1.55. The highest BCUT2D eigenvalue weighted by molar-refractivity contribution is 5.99. The second kappa shape index (κ2) is 10.1. The molecule has 2 heterocycles. The van der Waals surface area contributed by atoms with Crippen molar-refractivity contribution in [3.05, 3.63) is 18.2 Å². The maximum atomic E-state index is 13.1. The number of nitrogens with zero attached hydrogens (tertiary/aromatic N) is 2. The summed E-state index contributed by atoms with van der Waals surface area (Å²) in [5.74, 6) is 0.282. The molecule has 0 aromatic heterocycles. The van der Waals surface area contributed by atoms with E-state index in [1.165, 1.54) is 6.92 Å². The third kappa shape index (κ3) is 5.95. The summed E-state index contributed by atoms with van der Waals surface area (Å²) in [5.41, 5.74) is 0.476. The van der Waals surface area contributed by atoms with Gasteiger partial charge in [0.2, 0.25) is 17.7 Å². The molecule has 2 fully saturated rings. The van der Waals surface area contributed by atoms with Crippen molar-refractivity contribution in [3.63, 3.8) is 0 Å². The van der Waals surface area contributed by atoms with Crippen LogP contribution < -0.4 is 15.4 Å². The third-order valence-electron chi connectivity index (χ3n) is 5.77. The SMILES string of the molecule is COc1ccc(NC(C)=O)c(NC(=O)CN2CCCC(C)(C(=O)N3CCOCC3)C2)c1. The van der Waals surface area contributed by atoms with Crippen molar-refractivity contribution in [2.24, 2.45) is 5.41 Å². The van der Waals surface area contributed by atoms with E-state index in [4.69, 9.17) is 9.47 Å². The van der Waals surface area contributed by atoms with Gasteiger partial charge in [-0.15, -0.1) is 0 Å². The number of nitrogens with one attached hydrogen (secondary N) is 2. The first-order chi connectivity index (χ1) is 14.8. The van der Waals surface area contributed by atoms with E-state index in [9.17, 15) is 14.4 Å². The summed E-state index contributed by atoms with van der Waals surface area (Å²) in [6, 6.07) is 5.08. The normalized spacial score (nSPS) is 22.0. The Morgan fingerprint density at radius 2 is 1.87 bits per heavy atom. The highest BCUT2D eigenvalue weighted by Crippen LogP contribution is 2.32. The maximum Gasteiger partial charge on any atom is 0.238 e. The molecule has 170 valence electrons. The van der Waals surface area contributed by atoms with Gasteiger partial charge in [-0.2, -0.15) is 0 Å². The van der Waals surface area contributed by atoms with Crippen LogP contribution in [-0.2, 0) is 19.1 Å².